The number of aliphatic imine (C=N–C) groups is 1. The third-order valence-corrected chi connectivity index (χ3v) is 7.24. The van der Waals surface area contributed by atoms with Crippen LogP contribution in [0.15, 0.2) is 94.8 Å². The standard InChI is InChI=1S/C31H28N2O2S/c1-4-33-30(34)29(36-31(33)32-28-18-21(2)12-13-22(28)3)19-23-14-16-26(17-15-23)35-20-25-10-7-9-24-8-5-6-11-27(24)25/h5-19H,4,20H2,1-3H3/b29-19+,32-31?. The number of rotatable bonds is 6. The first-order valence-electron chi connectivity index (χ1n) is 12.1. The minimum Gasteiger partial charge on any atom is -0.489 e. The Bertz CT molecular complexity index is 1480. The van der Waals surface area contributed by atoms with Crippen LogP contribution < -0.4 is 4.74 Å². The van der Waals surface area contributed by atoms with Crippen LogP contribution in [0, 0.1) is 13.8 Å². The molecule has 0 aliphatic carbocycles. The molecule has 5 heteroatoms. The smallest absolute Gasteiger partial charge is 0.266 e. The van der Waals surface area contributed by atoms with Crippen molar-refractivity contribution in [2.75, 3.05) is 6.54 Å². The summed E-state index contributed by atoms with van der Waals surface area (Å²) in [6.45, 7) is 7.14. The lowest BCUT2D eigenvalue weighted by Crippen LogP contribution is -2.28. The summed E-state index contributed by atoms with van der Waals surface area (Å²) in [5.74, 6) is 0.783. The summed E-state index contributed by atoms with van der Waals surface area (Å²) in [5, 5.41) is 3.13. The Labute approximate surface area is 216 Å². The van der Waals surface area contributed by atoms with E-state index in [1.807, 2.05) is 56.3 Å². The van der Waals surface area contributed by atoms with Gasteiger partial charge < -0.3 is 4.74 Å². The van der Waals surface area contributed by atoms with Crippen molar-refractivity contribution in [3.8, 4) is 5.75 Å². The van der Waals surface area contributed by atoms with Gasteiger partial charge in [-0.15, -0.1) is 0 Å². The van der Waals surface area contributed by atoms with E-state index >= 15 is 0 Å². The topological polar surface area (TPSA) is 41.9 Å². The number of fused-ring (bicyclic) bond motifs is 1. The van der Waals surface area contributed by atoms with Crippen molar-refractivity contribution in [1.82, 2.24) is 4.90 Å². The average molecular weight is 493 g/mol. The molecular formula is C31H28N2O2S. The lowest BCUT2D eigenvalue weighted by Gasteiger charge is -2.12. The van der Waals surface area contributed by atoms with Crippen LogP contribution >= 0.6 is 11.8 Å². The first-order valence-corrected chi connectivity index (χ1v) is 12.9. The number of benzene rings is 4. The highest BCUT2D eigenvalue weighted by Crippen LogP contribution is 2.35. The molecule has 0 bridgehead atoms. The van der Waals surface area contributed by atoms with Crippen LogP contribution in [-0.4, -0.2) is 22.5 Å². The van der Waals surface area contributed by atoms with Gasteiger partial charge in [0.2, 0.25) is 0 Å². The van der Waals surface area contributed by atoms with Crippen molar-refractivity contribution in [3.05, 3.63) is 112 Å². The van der Waals surface area contributed by atoms with Crippen LogP contribution in [0.1, 0.15) is 29.2 Å². The summed E-state index contributed by atoms with van der Waals surface area (Å²) < 4.78 is 6.06. The number of hydrogen-bond acceptors (Lipinski definition) is 4. The molecule has 1 heterocycles. The number of hydrogen-bond donors (Lipinski definition) is 0. The molecule has 0 radical (unpaired) electrons. The highest BCUT2D eigenvalue weighted by Gasteiger charge is 2.32. The summed E-state index contributed by atoms with van der Waals surface area (Å²) in [6.07, 6.45) is 1.93. The number of nitrogens with zero attached hydrogens (tertiary/aromatic N) is 2. The zero-order chi connectivity index (χ0) is 25.1. The van der Waals surface area contributed by atoms with Gasteiger partial charge in [0.25, 0.3) is 5.91 Å². The second-order valence-electron chi connectivity index (χ2n) is 8.84. The number of carbonyl (C=O) groups is 1. The van der Waals surface area contributed by atoms with Gasteiger partial charge in [-0.1, -0.05) is 66.7 Å². The predicted molar refractivity (Wildman–Crippen MR) is 151 cm³/mol. The molecule has 1 aliphatic rings. The van der Waals surface area contributed by atoms with Crippen LogP contribution in [0.2, 0.25) is 0 Å². The van der Waals surface area contributed by atoms with Crippen molar-refractivity contribution >= 4 is 45.4 Å². The van der Waals surface area contributed by atoms with Crippen LogP contribution in [0.25, 0.3) is 16.8 Å². The van der Waals surface area contributed by atoms with Gasteiger partial charge >= 0.3 is 0 Å². The molecule has 0 aromatic heterocycles. The highest BCUT2D eigenvalue weighted by molar-refractivity contribution is 8.18. The van der Waals surface area contributed by atoms with E-state index in [9.17, 15) is 4.79 Å². The lowest BCUT2D eigenvalue weighted by molar-refractivity contribution is -0.122. The summed E-state index contributed by atoms with van der Waals surface area (Å²) in [6, 6.07) is 28.7. The van der Waals surface area contributed by atoms with Crippen molar-refractivity contribution in [2.24, 2.45) is 4.99 Å². The van der Waals surface area contributed by atoms with Crippen LogP contribution in [-0.2, 0) is 11.4 Å². The Balaban J connectivity index is 1.31. The first-order chi connectivity index (χ1) is 17.5. The van der Waals surface area contributed by atoms with Gasteiger partial charge in [-0.2, -0.15) is 0 Å². The summed E-state index contributed by atoms with van der Waals surface area (Å²) in [4.78, 5) is 20.3. The molecule has 36 heavy (non-hydrogen) atoms. The number of carbonyl (C=O) groups excluding carboxylic acids is 1. The fourth-order valence-electron chi connectivity index (χ4n) is 4.20. The molecule has 180 valence electrons. The number of thioether (sulfide) groups is 1. The van der Waals surface area contributed by atoms with Crippen LogP contribution in [0.3, 0.4) is 0 Å². The summed E-state index contributed by atoms with van der Waals surface area (Å²) in [7, 11) is 0. The van der Waals surface area contributed by atoms with Crippen LogP contribution in [0.5, 0.6) is 5.75 Å². The molecule has 1 amide bonds. The molecule has 4 aromatic rings. The average Bonchev–Trinajstić information content (AvgIpc) is 3.19. The Hall–Kier alpha value is -3.83. The number of aryl methyl sites for hydroxylation is 2. The molecule has 5 rings (SSSR count). The zero-order valence-corrected chi connectivity index (χ0v) is 21.5. The normalized spacial score (nSPS) is 15.9. The third kappa shape index (κ3) is 5.07. The van der Waals surface area contributed by atoms with E-state index in [-0.39, 0.29) is 5.91 Å². The number of ether oxygens (including phenoxy) is 1. The third-order valence-electron chi connectivity index (χ3n) is 6.24. The van der Waals surface area contributed by atoms with Gasteiger partial charge in [-0.05, 0) is 89.8 Å². The largest absolute Gasteiger partial charge is 0.489 e. The van der Waals surface area contributed by atoms with Gasteiger partial charge in [-0.25, -0.2) is 4.99 Å². The predicted octanol–water partition coefficient (Wildman–Crippen LogP) is 7.66. The van der Waals surface area contributed by atoms with E-state index in [1.54, 1.807) is 4.90 Å². The van der Waals surface area contributed by atoms with E-state index in [0.29, 0.717) is 18.1 Å². The maximum absolute atomic E-state index is 13.1. The summed E-state index contributed by atoms with van der Waals surface area (Å²) in [5.41, 5.74) is 5.25. The van der Waals surface area contributed by atoms with Crippen molar-refractivity contribution in [2.45, 2.75) is 27.4 Å². The van der Waals surface area contributed by atoms with Gasteiger partial charge in [-0.3, -0.25) is 9.69 Å². The molecule has 0 atom stereocenters. The van der Waals surface area contributed by atoms with Gasteiger partial charge in [0.15, 0.2) is 5.17 Å². The maximum Gasteiger partial charge on any atom is 0.266 e. The number of likely N-dealkylation sites (N-methyl/N-ethyl adjacent to an activating group) is 1. The first kappa shape index (κ1) is 23.9. The molecule has 0 saturated carbocycles. The molecule has 0 unspecified atom stereocenters. The fourth-order valence-corrected chi connectivity index (χ4v) is 5.26. The van der Waals surface area contributed by atoms with E-state index in [1.165, 1.54) is 22.5 Å². The Morgan fingerprint density at radius 3 is 2.53 bits per heavy atom. The Kier molecular flexibility index (Phi) is 6.92. The van der Waals surface area contributed by atoms with E-state index in [2.05, 4.69) is 55.5 Å². The SMILES string of the molecule is CCN1C(=O)/C(=C\c2ccc(OCc3cccc4ccccc34)cc2)SC1=Nc1cc(C)ccc1C. The maximum atomic E-state index is 13.1. The minimum atomic E-state index is -0.0113. The van der Waals surface area contributed by atoms with E-state index in [0.717, 1.165) is 38.9 Å². The number of amides is 1. The molecular weight excluding hydrogens is 464 g/mol. The lowest BCUT2D eigenvalue weighted by atomic mass is 10.1. The highest BCUT2D eigenvalue weighted by atomic mass is 32.2. The molecule has 4 aromatic carbocycles. The molecule has 0 spiro atoms. The van der Waals surface area contributed by atoms with Gasteiger partial charge in [0.1, 0.15) is 12.4 Å². The van der Waals surface area contributed by atoms with Gasteiger partial charge in [0.05, 0.1) is 10.6 Å². The molecule has 1 fully saturated rings. The second-order valence-corrected chi connectivity index (χ2v) is 9.85. The fraction of sp³-hybridized carbons (Fsp3) is 0.161. The zero-order valence-electron chi connectivity index (χ0n) is 20.7. The minimum absolute atomic E-state index is 0.0113. The van der Waals surface area contributed by atoms with Gasteiger partial charge in [0, 0.05) is 6.54 Å². The molecule has 1 saturated heterocycles. The molecule has 1 aliphatic heterocycles. The van der Waals surface area contributed by atoms with Crippen molar-refractivity contribution < 1.29 is 9.53 Å². The monoisotopic (exact) mass is 492 g/mol. The summed E-state index contributed by atoms with van der Waals surface area (Å²) >= 11 is 1.42. The van der Waals surface area contributed by atoms with Crippen molar-refractivity contribution in [3.63, 3.8) is 0 Å². The Morgan fingerprint density at radius 2 is 1.72 bits per heavy atom. The molecule has 0 N–H and O–H groups in total. The van der Waals surface area contributed by atoms with Crippen molar-refractivity contribution in [1.29, 1.82) is 0 Å². The molecule has 4 nitrogen and oxygen atoms in total. The second kappa shape index (κ2) is 10.4. The quantitative estimate of drug-likeness (QED) is 0.260. The van der Waals surface area contributed by atoms with E-state index < -0.39 is 0 Å². The Morgan fingerprint density at radius 1 is 0.944 bits per heavy atom. The number of amidine groups is 1. The van der Waals surface area contributed by atoms with Crippen LogP contribution in [0.4, 0.5) is 5.69 Å². The van der Waals surface area contributed by atoms with E-state index in [4.69, 9.17) is 9.73 Å².